The first-order valence-electron chi connectivity index (χ1n) is 6.45. The molecule has 0 heterocycles. The number of hydrogen-bond acceptors (Lipinski definition) is 4. The van der Waals surface area contributed by atoms with Crippen molar-refractivity contribution in [3.8, 4) is 11.5 Å². The van der Waals surface area contributed by atoms with E-state index in [-0.39, 0.29) is 0 Å². The molecular weight excluding hydrogens is 270 g/mol. The Morgan fingerprint density at radius 2 is 1.85 bits per heavy atom. The number of benzene rings is 2. The highest BCUT2D eigenvalue weighted by Gasteiger charge is 2.03. The molecule has 2 N–H and O–H groups in total. The molecule has 0 aromatic heterocycles. The third-order valence-corrected chi connectivity index (χ3v) is 4.00. The summed E-state index contributed by atoms with van der Waals surface area (Å²) in [5.41, 5.74) is 7.83. The monoisotopic (exact) mass is 289 g/mol. The minimum atomic E-state index is 0.624. The van der Waals surface area contributed by atoms with Gasteiger partial charge in [-0.2, -0.15) is 0 Å². The summed E-state index contributed by atoms with van der Waals surface area (Å²) in [4.78, 5) is 1.20. The van der Waals surface area contributed by atoms with Crippen LogP contribution in [-0.4, -0.2) is 19.5 Å². The van der Waals surface area contributed by atoms with E-state index in [4.69, 9.17) is 15.2 Å². The molecule has 2 aromatic carbocycles. The van der Waals surface area contributed by atoms with Crippen molar-refractivity contribution in [2.45, 2.75) is 11.8 Å². The average Bonchev–Trinajstić information content (AvgIpc) is 2.47. The second-order valence-electron chi connectivity index (χ2n) is 4.37. The van der Waals surface area contributed by atoms with E-state index in [2.05, 4.69) is 6.92 Å². The fourth-order valence-corrected chi connectivity index (χ4v) is 2.72. The van der Waals surface area contributed by atoms with E-state index >= 15 is 0 Å². The molecule has 20 heavy (non-hydrogen) atoms. The van der Waals surface area contributed by atoms with E-state index in [0.717, 1.165) is 22.9 Å². The van der Waals surface area contributed by atoms with Crippen LogP contribution in [-0.2, 0) is 0 Å². The first-order valence-corrected chi connectivity index (χ1v) is 7.44. The van der Waals surface area contributed by atoms with Crippen LogP contribution in [0.2, 0.25) is 0 Å². The van der Waals surface area contributed by atoms with Crippen molar-refractivity contribution < 1.29 is 9.47 Å². The summed E-state index contributed by atoms with van der Waals surface area (Å²) < 4.78 is 11.0. The number of nitrogen functional groups attached to an aromatic ring is 1. The van der Waals surface area contributed by atoms with Crippen molar-refractivity contribution in [3.05, 3.63) is 48.0 Å². The van der Waals surface area contributed by atoms with Crippen molar-refractivity contribution in [2.24, 2.45) is 0 Å². The Hall–Kier alpha value is -1.81. The summed E-state index contributed by atoms with van der Waals surface area (Å²) >= 11 is 1.75. The number of para-hydroxylation sites is 2. The maximum atomic E-state index is 5.80. The van der Waals surface area contributed by atoms with Gasteiger partial charge in [-0.15, -0.1) is 11.8 Å². The molecular formula is C16H19NO2S. The summed E-state index contributed by atoms with van der Waals surface area (Å²) in [7, 11) is 1.65. The highest BCUT2D eigenvalue weighted by molar-refractivity contribution is 7.99. The highest BCUT2D eigenvalue weighted by Crippen LogP contribution is 2.27. The quantitative estimate of drug-likeness (QED) is 0.499. The smallest absolute Gasteiger partial charge is 0.161 e. The van der Waals surface area contributed by atoms with E-state index in [0.29, 0.717) is 6.61 Å². The number of aryl methyl sites for hydroxylation is 1. The van der Waals surface area contributed by atoms with Gasteiger partial charge in [0.25, 0.3) is 0 Å². The molecule has 4 heteroatoms. The zero-order chi connectivity index (χ0) is 14.4. The number of methoxy groups -OCH3 is 1. The molecule has 0 unspecified atom stereocenters. The van der Waals surface area contributed by atoms with Crippen LogP contribution >= 0.6 is 11.8 Å². The molecule has 0 saturated heterocycles. The molecule has 0 aliphatic rings. The van der Waals surface area contributed by atoms with Gasteiger partial charge in [-0.05, 0) is 36.8 Å². The number of hydrogen-bond donors (Lipinski definition) is 1. The minimum absolute atomic E-state index is 0.624. The molecule has 0 saturated carbocycles. The molecule has 2 aromatic rings. The Labute approximate surface area is 124 Å². The molecule has 2 rings (SSSR count). The predicted molar refractivity (Wildman–Crippen MR) is 84.8 cm³/mol. The van der Waals surface area contributed by atoms with Gasteiger partial charge >= 0.3 is 0 Å². The van der Waals surface area contributed by atoms with Crippen LogP contribution in [0.1, 0.15) is 5.56 Å². The molecule has 0 atom stereocenters. The molecule has 0 bridgehead atoms. The zero-order valence-electron chi connectivity index (χ0n) is 11.8. The summed E-state index contributed by atoms with van der Waals surface area (Å²) in [6.07, 6.45) is 0. The molecule has 0 fully saturated rings. The summed E-state index contributed by atoms with van der Waals surface area (Å²) in [6.45, 7) is 2.71. The lowest BCUT2D eigenvalue weighted by Crippen LogP contribution is -2.02. The first kappa shape index (κ1) is 14.6. The summed E-state index contributed by atoms with van der Waals surface area (Å²) in [5.74, 6) is 2.40. The number of ether oxygens (including phenoxy) is 2. The number of thioether (sulfide) groups is 1. The Morgan fingerprint density at radius 3 is 2.60 bits per heavy atom. The van der Waals surface area contributed by atoms with Gasteiger partial charge in [-0.25, -0.2) is 0 Å². The molecule has 0 spiro atoms. The first-order chi connectivity index (χ1) is 9.70. The van der Waals surface area contributed by atoms with Crippen molar-refractivity contribution >= 4 is 17.4 Å². The third kappa shape index (κ3) is 3.84. The Bertz CT molecular complexity index is 572. The van der Waals surface area contributed by atoms with Crippen molar-refractivity contribution in [1.82, 2.24) is 0 Å². The van der Waals surface area contributed by atoms with Crippen molar-refractivity contribution in [3.63, 3.8) is 0 Å². The van der Waals surface area contributed by atoms with Gasteiger partial charge in [0.05, 0.1) is 13.7 Å². The third-order valence-electron chi connectivity index (χ3n) is 2.88. The Morgan fingerprint density at radius 1 is 1.10 bits per heavy atom. The van der Waals surface area contributed by atoms with Crippen molar-refractivity contribution in [2.75, 3.05) is 25.2 Å². The van der Waals surface area contributed by atoms with E-state index in [1.54, 1.807) is 18.9 Å². The topological polar surface area (TPSA) is 44.5 Å². The fraction of sp³-hybridized carbons (Fsp3) is 0.250. The second-order valence-corrected chi connectivity index (χ2v) is 5.51. The SMILES string of the molecule is COc1ccccc1OCCSc1cc(N)ccc1C. The summed E-state index contributed by atoms with van der Waals surface area (Å²) in [5, 5.41) is 0. The van der Waals surface area contributed by atoms with E-state index < -0.39 is 0 Å². The van der Waals surface area contributed by atoms with Crippen LogP contribution in [0, 0.1) is 6.92 Å². The number of rotatable bonds is 6. The lowest BCUT2D eigenvalue weighted by atomic mass is 10.2. The van der Waals surface area contributed by atoms with E-state index in [1.165, 1.54) is 10.5 Å². The van der Waals surface area contributed by atoms with Crippen LogP contribution in [0.15, 0.2) is 47.4 Å². The fourth-order valence-electron chi connectivity index (χ4n) is 1.81. The van der Waals surface area contributed by atoms with Gasteiger partial charge in [0.1, 0.15) is 0 Å². The minimum Gasteiger partial charge on any atom is -0.493 e. The van der Waals surface area contributed by atoms with Gasteiger partial charge < -0.3 is 15.2 Å². The van der Waals surface area contributed by atoms with Gasteiger partial charge in [0.15, 0.2) is 11.5 Å². The molecule has 0 aliphatic heterocycles. The maximum absolute atomic E-state index is 5.80. The molecule has 0 aliphatic carbocycles. The van der Waals surface area contributed by atoms with E-state index in [1.807, 2.05) is 42.5 Å². The van der Waals surface area contributed by atoms with Crippen LogP contribution in [0.3, 0.4) is 0 Å². The van der Waals surface area contributed by atoms with Crippen LogP contribution in [0.25, 0.3) is 0 Å². The number of anilines is 1. The standard InChI is InChI=1S/C16H19NO2S/c1-12-7-8-13(17)11-16(12)20-10-9-19-15-6-4-3-5-14(15)18-2/h3-8,11H,9-10,17H2,1-2H3. The highest BCUT2D eigenvalue weighted by atomic mass is 32.2. The summed E-state index contributed by atoms with van der Waals surface area (Å²) in [6, 6.07) is 13.6. The molecule has 106 valence electrons. The largest absolute Gasteiger partial charge is 0.493 e. The average molecular weight is 289 g/mol. The van der Waals surface area contributed by atoms with Crippen LogP contribution in [0.5, 0.6) is 11.5 Å². The van der Waals surface area contributed by atoms with E-state index in [9.17, 15) is 0 Å². The number of nitrogens with two attached hydrogens (primary N) is 1. The Kier molecular flexibility index (Phi) is 5.18. The Balaban J connectivity index is 1.86. The normalized spacial score (nSPS) is 10.3. The van der Waals surface area contributed by atoms with Gasteiger partial charge in [0.2, 0.25) is 0 Å². The zero-order valence-corrected chi connectivity index (χ0v) is 12.6. The van der Waals surface area contributed by atoms with Gasteiger partial charge in [-0.3, -0.25) is 0 Å². The van der Waals surface area contributed by atoms with Crippen LogP contribution < -0.4 is 15.2 Å². The predicted octanol–water partition coefficient (Wildman–Crippen LogP) is 3.76. The van der Waals surface area contributed by atoms with Gasteiger partial charge in [-0.1, -0.05) is 18.2 Å². The molecule has 0 amide bonds. The lowest BCUT2D eigenvalue weighted by molar-refractivity contribution is 0.313. The molecule has 0 radical (unpaired) electrons. The lowest BCUT2D eigenvalue weighted by Gasteiger charge is -2.11. The molecule has 3 nitrogen and oxygen atoms in total. The van der Waals surface area contributed by atoms with Crippen molar-refractivity contribution in [1.29, 1.82) is 0 Å². The van der Waals surface area contributed by atoms with Crippen LogP contribution in [0.4, 0.5) is 5.69 Å². The second kappa shape index (κ2) is 7.10. The maximum Gasteiger partial charge on any atom is 0.161 e. The van der Waals surface area contributed by atoms with Gasteiger partial charge in [0, 0.05) is 16.3 Å².